The Morgan fingerprint density at radius 1 is 1.29 bits per heavy atom. The first-order valence-corrected chi connectivity index (χ1v) is 4.51. The Morgan fingerprint density at radius 2 is 1.93 bits per heavy atom. The van der Waals surface area contributed by atoms with Crippen molar-refractivity contribution in [1.29, 1.82) is 0 Å². The molecule has 4 heteroatoms. The van der Waals surface area contributed by atoms with Crippen molar-refractivity contribution in [3.05, 3.63) is 23.3 Å². The van der Waals surface area contributed by atoms with Crippen molar-refractivity contribution in [1.82, 2.24) is 0 Å². The number of hydrogen-bond donors (Lipinski definition) is 4. The number of aliphatic hydroxyl groups is 1. The first-order valence-electron chi connectivity index (χ1n) is 4.51. The molecule has 1 aromatic carbocycles. The molecule has 1 atom stereocenters. The number of aromatic hydroxyl groups is 2. The Labute approximate surface area is 82.6 Å². The van der Waals surface area contributed by atoms with Crippen LogP contribution in [0.15, 0.2) is 12.1 Å². The molecule has 0 heterocycles. The fourth-order valence-corrected chi connectivity index (χ4v) is 1.32. The minimum absolute atomic E-state index is 0.0545. The monoisotopic (exact) mass is 197 g/mol. The maximum Gasteiger partial charge on any atom is 0.124 e. The van der Waals surface area contributed by atoms with Gasteiger partial charge in [0.2, 0.25) is 0 Å². The second-order valence-corrected chi connectivity index (χ2v) is 3.18. The van der Waals surface area contributed by atoms with Crippen molar-refractivity contribution >= 4 is 0 Å². The summed E-state index contributed by atoms with van der Waals surface area (Å²) < 4.78 is 0. The van der Waals surface area contributed by atoms with Gasteiger partial charge in [-0.25, -0.2) is 0 Å². The van der Waals surface area contributed by atoms with Crippen LogP contribution in [0.3, 0.4) is 0 Å². The van der Waals surface area contributed by atoms with E-state index in [1.54, 1.807) is 6.07 Å². The summed E-state index contributed by atoms with van der Waals surface area (Å²) >= 11 is 0. The topological polar surface area (TPSA) is 86.7 Å². The van der Waals surface area contributed by atoms with E-state index in [0.29, 0.717) is 17.5 Å². The van der Waals surface area contributed by atoms with Crippen molar-refractivity contribution < 1.29 is 15.3 Å². The van der Waals surface area contributed by atoms with Crippen LogP contribution in [-0.2, 0) is 6.42 Å². The average molecular weight is 197 g/mol. The summed E-state index contributed by atoms with van der Waals surface area (Å²) in [7, 11) is 0. The van der Waals surface area contributed by atoms with Crippen LogP contribution in [0.5, 0.6) is 11.5 Å². The van der Waals surface area contributed by atoms with Crippen LogP contribution >= 0.6 is 0 Å². The Balaban J connectivity index is 3.17. The molecule has 0 aliphatic carbocycles. The van der Waals surface area contributed by atoms with Gasteiger partial charge in [0, 0.05) is 11.6 Å². The Kier molecular flexibility index (Phi) is 3.33. The van der Waals surface area contributed by atoms with Gasteiger partial charge in [0.05, 0.1) is 12.6 Å². The number of nitrogens with two attached hydrogens (primary N) is 1. The number of phenolic OH excluding ortho intramolecular Hbond substituents is 2. The zero-order chi connectivity index (χ0) is 10.7. The van der Waals surface area contributed by atoms with Crippen LogP contribution in [-0.4, -0.2) is 21.9 Å². The first-order chi connectivity index (χ1) is 6.60. The standard InChI is InChI=1S/C10H15NO3/c1-2-6-3-7(8(11)5-12)10(14)4-9(6)13/h3-4,8,12-14H,2,5,11H2,1H3. The molecule has 0 saturated carbocycles. The van der Waals surface area contributed by atoms with Crippen LogP contribution in [0, 0.1) is 0 Å². The van der Waals surface area contributed by atoms with E-state index in [4.69, 9.17) is 10.8 Å². The van der Waals surface area contributed by atoms with E-state index < -0.39 is 6.04 Å². The summed E-state index contributed by atoms with van der Waals surface area (Å²) in [5.74, 6) is -0.0276. The summed E-state index contributed by atoms with van der Waals surface area (Å²) in [6.45, 7) is 1.65. The Hall–Kier alpha value is -1.26. The van der Waals surface area contributed by atoms with E-state index in [-0.39, 0.29) is 18.1 Å². The van der Waals surface area contributed by atoms with E-state index in [2.05, 4.69) is 0 Å². The van der Waals surface area contributed by atoms with Crippen molar-refractivity contribution in [3.8, 4) is 11.5 Å². The van der Waals surface area contributed by atoms with Gasteiger partial charge in [0.15, 0.2) is 0 Å². The first kappa shape index (κ1) is 10.8. The van der Waals surface area contributed by atoms with E-state index in [9.17, 15) is 10.2 Å². The number of aliphatic hydroxyl groups excluding tert-OH is 1. The lowest BCUT2D eigenvalue weighted by Gasteiger charge is -2.13. The summed E-state index contributed by atoms with van der Waals surface area (Å²) in [6.07, 6.45) is 0.650. The number of hydrogen-bond acceptors (Lipinski definition) is 4. The third-order valence-corrected chi connectivity index (χ3v) is 2.21. The van der Waals surface area contributed by atoms with E-state index in [1.807, 2.05) is 6.92 Å². The molecule has 0 fully saturated rings. The minimum atomic E-state index is -0.610. The van der Waals surface area contributed by atoms with Crippen LogP contribution in [0.1, 0.15) is 24.1 Å². The van der Waals surface area contributed by atoms with Gasteiger partial charge in [-0.2, -0.15) is 0 Å². The van der Waals surface area contributed by atoms with Crippen LogP contribution < -0.4 is 5.73 Å². The van der Waals surface area contributed by atoms with E-state index in [1.165, 1.54) is 6.07 Å². The number of benzene rings is 1. The normalized spacial score (nSPS) is 12.8. The minimum Gasteiger partial charge on any atom is -0.508 e. The predicted molar refractivity (Wildman–Crippen MR) is 53.2 cm³/mol. The molecule has 0 aliphatic rings. The third-order valence-electron chi connectivity index (χ3n) is 2.21. The highest BCUT2D eigenvalue weighted by molar-refractivity contribution is 5.46. The van der Waals surface area contributed by atoms with Crippen LogP contribution in [0.2, 0.25) is 0 Å². The molecule has 0 saturated heterocycles. The summed E-state index contributed by atoms with van der Waals surface area (Å²) in [5.41, 5.74) is 6.75. The van der Waals surface area contributed by atoms with Crippen LogP contribution in [0.25, 0.3) is 0 Å². The van der Waals surface area contributed by atoms with Crippen molar-refractivity contribution in [2.75, 3.05) is 6.61 Å². The molecule has 0 amide bonds. The quantitative estimate of drug-likeness (QED) is 0.573. The highest BCUT2D eigenvalue weighted by atomic mass is 16.3. The lowest BCUT2D eigenvalue weighted by atomic mass is 10.0. The highest BCUT2D eigenvalue weighted by Gasteiger charge is 2.12. The van der Waals surface area contributed by atoms with Gasteiger partial charge in [-0.05, 0) is 18.1 Å². The van der Waals surface area contributed by atoms with Gasteiger partial charge in [-0.3, -0.25) is 0 Å². The van der Waals surface area contributed by atoms with Gasteiger partial charge in [0.25, 0.3) is 0 Å². The molecule has 0 spiro atoms. The molecular formula is C10H15NO3. The van der Waals surface area contributed by atoms with Gasteiger partial charge in [-0.15, -0.1) is 0 Å². The zero-order valence-electron chi connectivity index (χ0n) is 8.07. The average Bonchev–Trinajstić information content (AvgIpc) is 2.17. The summed E-state index contributed by atoms with van der Waals surface area (Å²) in [5, 5.41) is 27.7. The third kappa shape index (κ3) is 1.97. The van der Waals surface area contributed by atoms with E-state index in [0.717, 1.165) is 0 Å². The van der Waals surface area contributed by atoms with Crippen molar-refractivity contribution in [2.24, 2.45) is 5.73 Å². The lowest BCUT2D eigenvalue weighted by Crippen LogP contribution is -2.14. The smallest absolute Gasteiger partial charge is 0.124 e. The maximum atomic E-state index is 9.46. The molecular weight excluding hydrogens is 182 g/mol. The molecule has 0 radical (unpaired) electrons. The summed E-state index contributed by atoms with van der Waals surface area (Å²) in [4.78, 5) is 0. The second kappa shape index (κ2) is 4.30. The molecule has 4 nitrogen and oxygen atoms in total. The fraction of sp³-hybridized carbons (Fsp3) is 0.400. The molecule has 1 aromatic rings. The maximum absolute atomic E-state index is 9.46. The Bertz CT molecular complexity index is 325. The predicted octanol–water partition coefficient (Wildman–Crippen LogP) is 0.652. The largest absolute Gasteiger partial charge is 0.508 e. The van der Waals surface area contributed by atoms with Gasteiger partial charge >= 0.3 is 0 Å². The van der Waals surface area contributed by atoms with Crippen molar-refractivity contribution in [2.45, 2.75) is 19.4 Å². The molecule has 5 N–H and O–H groups in total. The number of phenols is 2. The molecule has 1 rings (SSSR count). The molecule has 0 bridgehead atoms. The molecule has 0 aromatic heterocycles. The molecule has 14 heavy (non-hydrogen) atoms. The Morgan fingerprint density at radius 3 is 2.43 bits per heavy atom. The number of rotatable bonds is 3. The van der Waals surface area contributed by atoms with Gasteiger partial charge in [0.1, 0.15) is 11.5 Å². The van der Waals surface area contributed by atoms with Gasteiger partial charge in [-0.1, -0.05) is 6.92 Å². The second-order valence-electron chi connectivity index (χ2n) is 3.18. The zero-order valence-corrected chi connectivity index (χ0v) is 8.07. The van der Waals surface area contributed by atoms with E-state index >= 15 is 0 Å². The molecule has 78 valence electrons. The molecule has 1 unspecified atom stereocenters. The highest BCUT2D eigenvalue weighted by Crippen LogP contribution is 2.30. The number of aryl methyl sites for hydroxylation is 1. The van der Waals surface area contributed by atoms with Crippen LogP contribution in [0.4, 0.5) is 0 Å². The van der Waals surface area contributed by atoms with Gasteiger partial charge < -0.3 is 21.1 Å². The molecule has 0 aliphatic heterocycles. The van der Waals surface area contributed by atoms with Crippen molar-refractivity contribution in [3.63, 3.8) is 0 Å². The lowest BCUT2D eigenvalue weighted by molar-refractivity contribution is 0.265. The SMILES string of the molecule is CCc1cc(C(N)CO)c(O)cc1O. The summed E-state index contributed by atoms with van der Waals surface area (Å²) in [6, 6.07) is 2.26. The fourth-order valence-electron chi connectivity index (χ4n) is 1.32.